The topological polar surface area (TPSA) is 84.1 Å². The molecule has 7 heteroatoms. The molecule has 0 aliphatic rings. The molecule has 0 radical (unpaired) electrons. The maximum absolute atomic E-state index is 10.7. The van der Waals surface area contributed by atoms with Gasteiger partial charge in [-0.05, 0) is 30.9 Å². The second-order valence-corrected chi connectivity index (χ2v) is 4.08. The summed E-state index contributed by atoms with van der Waals surface area (Å²) in [5, 5.41) is 20.1. The number of aryl methyl sites for hydroxylation is 1. The summed E-state index contributed by atoms with van der Waals surface area (Å²) < 4.78 is 1.65. The summed E-state index contributed by atoms with van der Waals surface area (Å²) in [7, 11) is 3.86. The number of rotatable bonds is 6. The lowest BCUT2D eigenvalue weighted by atomic mass is 10.1. The van der Waals surface area contributed by atoms with Gasteiger partial charge in [-0.1, -0.05) is 6.92 Å². The Morgan fingerprint density at radius 3 is 2.81 bits per heavy atom. The van der Waals surface area contributed by atoms with E-state index in [1.54, 1.807) is 11.6 Å². The van der Waals surface area contributed by atoms with Gasteiger partial charge in [0.15, 0.2) is 5.82 Å². The Kier molecular flexibility index (Phi) is 4.36. The van der Waals surface area contributed by atoms with E-state index < -0.39 is 5.97 Å². The van der Waals surface area contributed by atoms with Crippen LogP contribution in [-0.4, -0.2) is 50.3 Å². The monoisotopic (exact) mass is 227 g/mol. The molecule has 7 nitrogen and oxygen atoms in total. The van der Waals surface area contributed by atoms with E-state index in [1.165, 1.54) is 0 Å². The quantitative estimate of drug-likeness (QED) is 0.727. The first-order valence-electron chi connectivity index (χ1n) is 5.13. The number of hydrogen-bond donors (Lipinski definition) is 1. The number of aliphatic carboxylic acids is 1. The number of carbonyl (C=O) groups is 1. The highest BCUT2D eigenvalue weighted by Crippen LogP contribution is 2.05. The molecule has 0 saturated heterocycles. The Morgan fingerprint density at radius 2 is 2.25 bits per heavy atom. The molecule has 90 valence electrons. The predicted octanol–water partition coefficient (Wildman–Crippen LogP) is -0.154. The van der Waals surface area contributed by atoms with Gasteiger partial charge < -0.3 is 10.0 Å². The van der Waals surface area contributed by atoms with Crippen LogP contribution >= 0.6 is 0 Å². The fourth-order valence-electron chi connectivity index (χ4n) is 1.23. The van der Waals surface area contributed by atoms with E-state index in [2.05, 4.69) is 15.5 Å². The van der Waals surface area contributed by atoms with Gasteiger partial charge in [-0.15, -0.1) is 5.10 Å². The van der Waals surface area contributed by atoms with Crippen LogP contribution in [0.2, 0.25) is 0 Å². The van der Waals surface area contributed by atoms with Crippen molar-refractivity contribution in [3.8, 4) is 0 Å². The van der Waals surface area contributed by atoms with Crippen LogP contribution in [0.5, 0.6) is 0 Å². The lowest BCUT2D eigenvalue weighted by Crippen LogP contribution is -2.18. The Labute approximate surface area is 94.0 Å². The van der Waals surface area contributed by atoms with Crippen molar-refractivity contribution in [3.63, 3.8) is 0 Å². The maximum atomic E-state index is 10.7. The minimum absolute atomic E-state index is 0.378. The molecule has 0 saturated carbocycles. The summed E-state index contributed by atoms with van der Waals surface area (Å²) >= 11 is 0. The molecule has 0 spiro atoms. The first-order valence-corrected chi connectivity index (χ1v) is 5.13. The molecule has 16 heavy (non-hydrogen) atoms. The van der Waals surface area contributed by atoms with Crippen LogP contribution in [-0.2, 0) is 17.9 Å². The maximum Gasteiger partial charge on any atom is 0.306 e. The van der Waals surface area contributed by atoms with Crippen LogP contribution in [0, 0.1) is 5.92 Å². The molecule has 0 fully saturated rings. The molecule has 0 aliphatic heterocycles. The summed E-state index contributed by atoms with van der Waals surface area (Å²) in [6.45, 7) is 2.86. The largest absolute Gasteiger partial charge is 0.481 e. The third kappa shape index (κ3) is 3.58. The Bertz CT molecular complexity index is 349. The molecule has 0 aliphatic carbocycles. The molecule has 0 bridgehead atoms. The normalized spacial score (nSPS) is 13.0. The van der Waals surface area contributed by atoms with Crippen LogP contribution in [0.15, 0.2) is 0 Å². The van der Waals surface area contributed by atoms with E-state index in [0.29, 0.717) is 19.5 Å². The zero-order chi connectivity index (χ0) is 12.1. The first-order chi connectivity index (χ1) is 7.50. The molecule has 0 amide bonds. The van der Waals surface area contributed by atoms with Gasteiger partial charge in [0.05, 0.1) is 12.5 Å². The molecule has 1 rings (SSSR count). The van der Waals surface area contributed by atoms with Gasteiger partial charge in [-0.3, -0.25) is 4.79 Å². The van der Waals surface area contributed by atoms with Crippen molar-refractivity contribution in [1.82, 2.24) is 25.1 Å². The van der Waals surface area contributed by atoms with Crippen molar-refractivity contribution in [2.24, 2.45) is 5.92 Å². The third-order valence-electron chi connectivity index (χ3n) is 2.26. The molecule has 1 N–H and O–H groups in total. The number of carboxylic acid groups (broad SMARTS) is 1. The first kappa shape index (κ1) is 12.6. The van der Waals surface area contributed by atoms with E-state index in [0.717, 1.165) is 5.82 Å². The van der Waals surface area contributed by atoms with Crippen LogP contribution in [0.3, 0.4) is 0 Å². The summed E-state index contributed by atoms with van der Waals surface area (Å²) in [6.07, 6.45) is 0.529. The molecule has 0 aromatic carbocycles. The Morgan fingerprint density at radius 1 is 1.56 bits per heavy atom. The van der Waals surface area contributed by atoms with Gasteiger partial charge in [0.25, 0.3) is 0 Å². The standard InChI is InChI=1S/C9H17N5O2/c1-7(9(15)16)4-5-14-8(6-13(2)3)10-11-12-14/h7H,4-6H2,1-3H3,(H,15,16). The van der Waals surface area contributed by atoms with E-state index in [1.807, 2.05) is 19.0 Å². The minimum Gasteiger partial charge on any atom is -0.481 e. The highest BCUT2D eigenvalue weighted by atomic mass is 16.4. The average molecular weight is 227 g/mol. The van der Waals surface area contributed by atoms with Crippen molar-refractivity contribution in [3.05, 3.63) is 5.82 Å². The van der Waals surface area contributed by atoms with Crippen molar-refractivity contribution >= 4 is 5.97 Å². The van der Waals surface area contributed by atoms with Crippen LogP contribution in [0.4, 0.5) is 0 Å². The summed E-state index contributed by atoms with van der Waals surface area (Å²) in [5.41, 5.74) is 0. The Hall–Kier alpha value is -1.50. The van der Waals surface area contributed by atoms with Gasteiger partial charge in [-0.2, -0.15) is 0 Å². The van der Waals surface area contributed by atoms with Crippen molar-refractivity contribution in [2.45, 2.75) is 26.4 Å². The molecule has 1 aromatic rings. The number of tetrazole rings is 1. The molecule has 1 heterocycles. The molecular formula is C9H17N5O2. The third-order valence-corrected chi connectivity index (χ3v) is 2.26. The van der Waals surface area contributed by atoms with Gasteiger partial charge >= 0.3 is 5.97 Å². The smallest absolute Gasteiger partial charge is 0.306 e. The van der Waals surface area contributed by atoms with E-state index in [9.17, 15) is 4.79 Å². The van der Waals surface area contributed by atoms with Crippen LogP contribution in [0.1, 0.15) is 19.2 Å². The molecule has 1 unspecified atom stereocenters. The van der Waals surface area contributed by atoms with Gasteiger partial charge in [-0.25, -0.2) is 4.68 Å². The van der Waals surface area contributed by atoms with E-state index >= 15 is 0 Å². The van der Waals surface area contributed by atoms with Crippen LogP contribution < -0.4 is 0 Å². The highest BCUT2D eigenvalue weighted by molar-refractivity contribution is 5.69. The lowest BCUT2D eigenvalue weighted by molar-refractivity contribution is -0.141. The Balaban J connectivity index is 2.53. The molecular weight excluding hydrogens is 210 g/mol. The van der Waals surface area contributed by atoms with Crippen molar-refractivity contribution in [2.75, 3.05) is 14.1 Å². The lowest BCUT2D eigenvalue weighted by Gasteiger charge is -2.10. The molecule has 1 aromatic heterocycles. The second kappa shape index (κ2) is 5.55. The fraction of sp³-hybridized carbons (Fsp3) is 0.778. The summed E-state index contributed by atoms with van der Waals surface area (Å²) in [5.74, 6) is -0.416. The zero-order valence-corrected chi connectivity index (χ0v) is 9.79. The highest BCUT2D eigenvalue weighted by Gasteiger charge is 2.13. The predicted molar refractivity (Wildman–Crippen MR) is 56.6 cm³/mol. The van der Waals surface area contributed by atoms with Gasteiger partial charge in [0.1, 0.15) is 0 Å². The van der Waals surface area contributed by atoms with E-state index in [4.69, 9.17) is 5.11 Å². The van der Waals surface area contributed by atoms with E-state index in [-0.39, 0.29) is 5.92 Å². The minimum atomic E-state index is -0.790. The number of nitrogens with zero attached hydrogens (tertiary/aromatic N) is 5. The summed E-state index contributed by atoms with van der Waals surface area (Å²) in [4.78, 5) is 12.6. The second-order valence-electron chi connectivity index (χ2n) is 4.08. The SMILES string of the molecule is CC(CCn1nnnc1CN(C)C)C(=O)O. The van der Waals surface area contributed by atoms with Gasteiger partial charge in [0, 0.05) is 6.54 Å². The molecule has 1 atom stereocenters. The summed E-state index contributed by atoms with van der Waals surface area (Å²) in [6, 6.07) is 0. The number of hydrogen-bond acceptors (Lipinski definition) is 5. The van der Waals surface area contributed by atoms with Crippen LogP contribution in [0.25, 0.3) is 0 Å². The fourth-order valence-corrected chi connectivity index (χ4v) is 1.23. The zero-order valence-electron chi connectivity index (χ0n) is 9.79. The van der Waals surface area contributed by atoms with Crippen molar-refractivity contribution in [1.29, 1.82) is 0 Å². The average Bonchev–Trinajstić information content (AvgIpc) is 2.60. The van der Waals surface area contributed by atoms with Crippen molar-refractivity contribution < 1.29 is 9.90 Å². The van der Waals surface area contributed by atoms with Gasteiger partial charge in [0.2, 0.25) is 0 Å². The number of carboxylic acids is 1. The number of aromatic nitrogens is 4.